The van der Waals surface area contributed by atoms with Crippen molar-refractivity contribution >= 4 is 17.8 Å². The molecule has 1 heterocycles. The van der Waals surface area contributed by atoms with Gasteiger partial charge in [-0.25, -0.2) is 9.78 Å². The summed E-state index contributed by atoms with van der Waals surface area (Å²) in [5.41, 5.74) is 0. The van der Waals surface area contributed by atoms with Gasteiger partial charge in [-0.3, -0.25) is 0 Å². The Balaban J connectivity index is 2.81. The highest BCUT2D eigenvalue weighted by molar-refractivity contribution is 7.99. The van der Waals surface area contributed by atoms with E-state index in [4.69, 9.17) is 0 Å². The molecule has 0 bridgehead atoms. The molecule has 0 unspecified atom stereocenters. The van der Waals surface area contributed by atoms with Gasteiger partial charge in [0.15, 0.2) is 0 Å². The van der Waals surface area contributed by atoms with Gasteiger partial charge >= 0.3 is 6.03 Å². The molecule has 1 amide bonds. The zero-order chi connectivity index (χ0) is 12.8. The van der Waals surface area contributed by atoms with Crippen molar-refractivity contribution in [2.45, 2.75) is 32.0 Å². The molecule has 0 aliphatic carbocycles. The van der Waals surface area contributed by atoms with Crippen LogP contribution >= 0.6 is 11.8 Å². The minimum absolute atomic E-state index is 0.104. The third kappa shape index (κ3) is 3.59. The molecule has 0 radical (unpaired) electrons. The number of rotatable bonds is 5. The summed E-state index contributed by atoms with van der Waals surface area (Å²) >= 11 is 1.51. The van der Waals surface area contributed by atoms with Crippen molar-refractivity contribution in [3.05, 3.63) is 19.0 Å². The van der Waals surface area contributed by atoms with Gasteiger partial charge < -0.3 is 4.90 Å². The van der Waals surface area contributed by atoms with Gasteiger partial charge in [-0.1, -0.05) is 24.8 Å². The first kappa shape index (κ1) is 13.8. The zero-order valence-electron chi connectivity index (χ0n) is 10.5. The second-order valence-electron chi connectivity index (χ2n) is 3.72. The Kier molecular flexibility index (Phi) is 5.21. The van der Waals surface area contributed by atoms with Crippen LogP contribution in [-0.2, 0) is 0 Å². The van der Waals surface area contributed by atoms with Crippen LogP contribution in [0.25, 0.3) is 0 Å². The van der Waals surface area contributed by atoms with Gasteiger partial charge in [0.2, 0.25) is 5.16 Å². The first-order chi connectivity index (χ1) is 8.10. The Morgan fingerprint density at radius 1 is 1.71 bits per heavy atom. The number of aromatic nitrogens is 3. The first-order valence-corrected chi connectivity index (χ1v) is 6.55. The largest absolute Gasteiger partial charge is 0.346 e. The molecule has 1 aromatic heterocycles. The van der Waals surface area contributed by atoms with Crippen LogP contribution in [0.3, 0.4) is 0 Å². The number of amides is 1. The van der Waals surface area contributed by atoms with Crippen molar-refractivity contribution in [1.82, 2.24) is 19.7 Å². The van der Waals surface area contributed by atoms with E-state index in [0.717, 1.165) is 5.75 Å². The highest BCUT2D eigenvalue weighted by Crippen LogP contribution is 2.11. The fourth-order valence-electron chi connectivity index (χ4n) is 1.32. The molecule has 0 atom stereocenters. The van der Waals surface area contributed by atoms with Gasteiger partial charge in [-0.15, -0.1) is 11.7 Å². The SMILES string of the molecule is C=CCN(C(=O)n1cnc(SCC)n1)C(C)C. The minimum atomic E-state index is -0.171. The van der Waals surface area contributed by atoms with Crippen LogP contribution in [0.2, 0.25) is 0 Å². The van der Waals surface area contributed by atoms with Crippen molar-refractivity contribution in [2.75, 3.05) is 12.3 Å². The molecule has 0 aliphatic heterocycles. The number of hydrogen-bond acceptors (Lipinski definition) is 4. The van der Waals surface area contributed by atoms with E-state index in [0.29, 0.717) is 11.7 Å². The Hall–Kier alpha value is -1.30. The molecule has 17 heavy (non-hydrogen) atoms. The van der Waals surface area contributed by atoms with Crippen molar-refractivity contribution in [3.8, 4) is 0 Å². The van der Waals surface area contributed by atoms with Gasteiger partial charge in [-0.2, -0.15) is 4.68 Å². The lowest BCUT2D eigenvalue weighted by Gasteiger charge is -2.24. The molecule has 6 heteroatoms. The zero-order valence-corrected chi connectivity index (χ0v) is 11.3. The Morgan fingerprint density at radius 3 is 2.94 bits per heavy atom. The second-order valence-corrected chi connectivity index (χ2v) is 4.95. The van der Waals surface area contributed by atoms with Crippen LogP contribution in [0, 0.1) is 0 Å². The van der Waals surface area contributed by atoms with E-state index >= 15 is 0 Å². The Morgan fingerprint density at radius 2 is 2.41 bits per heavy atom. The molecule has 0 spiro atoms. The summed E-state index contributed by atoms with van der Waals surface area (Å²) in [6.07, 6.45) is 3.16. The summed E-state index contributed by atoms with van der Waals surface area (Å²) in [6, 6.07) is -0.0673. The molecule has 0 saturated heterocycles. The normalized spacial score (nSPS) is 10.6. The quantitative estimate of drug-likeness (QED) is 0.597. The van der Waals surface area contributed by atoms with Crippen LogP contribution in [-0.4, -0.2) is 44.0 Å². The first-order valence-electron chi connectivity index (χ1n) is 5.56. The molecule has 1 rings (SSSR count). The molecule has 0 N–H and O–H groups in total. The molecular weight excluding hydrogens is 236 g/mol. The lowest BCUT2D eigenvalue weighted by molar-refractivity contribution is 0.188. The minimum Gasteiger partial charge on any atom is -0.317 e. The average Bonchev–Trinajstić information content (AvgIpc) is 2.73. The van der Waals surface area contributed by atoms with Crippen LogP contribution in [0.5, 0.6) is 0 Å². The highest BCUT2D eigenvalue weighted by Gasteiger charge is 2.18. The van der Waals surface area contributed by atoms with Crippen LogP contribution in [0.4, 0.5) is 4.79 Å². The van der Waals surface area contributed by atoms with E-state index in [1.165, 1.54) is 22.8 Å². The monoisotopic (exact) mass is 254 g/mol. The fourth-order valence-corrected chi connectivity index (χ4v) is 1.84. The van der Waals surface area contributed by atoms with E-state index in [1.54, 1.807) is 11.0 Å². The van der Waals surface area contributed by atoms with Crippen LogP contribution < -0.4 is 0 Å². The summed E-state index contributed by atoms with van der Waals surface area (Å²) in [6.45, 7) is 10.1. The van der Waals surface area contributed by atoms with E-state index in [2.05, 4.69) is 16.7 Å². The summed E-state index contributed by atoms with van der Waals surface area (Å²) in [5, 5.41) is 4.76. The van der Waals surface area contributed by atoms with Crippen LogP contribution in [0.15, 0.2) is 24.1 Å². The molecule has 0 fully saturated rings. The number of carbonyl (C=O) groups excluding carboxylic acids is 1. The van der Waals surface area contributed by atoms with Crippen molar-refractivity contribution in [1.29, 1.82) is 0 Å². The maximum Gasteiger partial charge on any atom is 0.346 e. The Labute approximate surface area is 106 Å². The third-order valence-corrected chi connectivity index (χ3v) is 2.87. The van der Waals surface area contributed by atoms with Crippen molar-refractivity contribution in [3.63, 3.8) is 0 Å². The predicted octanol–water partition coefficient (Wildman–Crippen LogP) is 2.25. The number of hydrogen-bond donors (Lipinski definition) is 0. The molecular formula is C11H18N4OS. The van der Waals surface area contributed by atoms with Crippen molar-refractivity contribution < 1.29 is 4.79 Å². The van der Waals surface area contributed by atoms with Gasteiger partial charge in [0.1, 0.15) is 6.33 Å². The Bertz CT molecular complexity index is 389. The standard InChI is InChI=1S/C11H18N4OS/c1-5-7-14(9(3)4)11(16)15-8-12-10(13-15)17-6-2/h5,8-9H,1,6-7H2,2-4H3. The molecule has 94 valence electrons. The molecule has 5 nitrogen and oxygen atoms in total. The van der Waals surface area contributed by atoms with Crippen LogP contribution in [0.1, 0.15) is 20.8 Å². The second kappa shape index (κ2) is 6.44. The number of thioether (sulfide) groups is 1. The fraction of sp³-hybridized carbons (Fsp3) is 0.545. The summed E-state index contributed by atoms with van der Waals surface area (Å²) in [7, 11) is 0. The van der Waals surface area contributed by atoms with E-state index in [-0.39, 0.29) is 12.1 Å². The van der Waals surface area contributed by atoms with Gasteiger partial charge in [0, 0.05) is 12.6 Å². The summed E-state index contributed by atoms with van der Waals surface area (Å²) in [4.78, 5) is 17.9. The molecule has 1 aromatic rings. The number of nitrogens with zero attached hydrogens (tertiary/aromatic N) is 4. The predicted molar refractivity (Wildman–Crippen MR) is 69.3 cm³/mol. The topological polar surface area (TPSA) is 51.0 Å². The van der Waals surface area contributed by atoms with Crippen molar-refractivity contribution in [2.24, 2.45) is 0 Å². The molecule has 0 saturated carbocycles. The maximum absolute atomic E-state index is 12.1. The molecule has 0 aromatic carbocycles. The van der Waals surface area contributed by atoms with E-state index in [9.17, 15) is 4.79 Å². The smallest absolute Gasteiger partial charge is 0.317 e. The maximum atomic E-state index is 12.1. The van der Waals surface area contributed by atoms with Gasteiger partial charge in [0.25, 0.3) is 0 Å². The third-order valence-electron chi connectivity index (χ3n) is 2.14. The van der Waals surface area contributed by atoms with E-state index in [1.807, 2.05) is 20.8 Å². The average molecular weight is 254 g/mol. The highest BCUT2D eigenvalue weighted by atomic mass is 32.2. The lowest BCUT2D eigenvalue weighted by Crippen LogP contribution is -2.40. The summed E-state index contributed by atoms with van der Waals surface area (Å²) < 4.78 is 1.28. The summed E-state index contributed by atoms with van der Waals surface area (Å²) in [5.74, 6) is 0.888. The number of carbonyl (C=O) groups is 1. The van der Waals surface area contributed by atoms with E-state index < -0.39 is 0 Å². The van der Waals surface area contributed by atoms with Gasteiger partial charge in [0.05, 0.1) is 0 Å². The van der Waals surface area contributed by atoms with Gasteiger partial charge in [-0.05, 0) is 19.6 Å². The lowest BCUT2D eigenvalue weighted by atomic mass is 10.3. The molecule has 0 aliphatic rings.